The van der Waals surface area contributed by atoms with Crippen molar-refractivity contribution in [3.63, 3.8) is 0 Å². The molecule has 1 aromatic carbocycles. The van der Waals surface area contributed by atoms with Crippen molar-refractivity contribution in [1.29, 1.82) is 0 Å². The molecule has 0 bridgehead atoms. The number of hydrogen-bond donors (Lipinski definition) is 3. The highest BCUT2D eigenvalue weighted by Crippen LogP contribution is 2.02. The third kappa shape index (κ3) is 3.20. The van der Waals surface area contributed by atoms with Gasteiger partial charge in [0.05, 0.1) is 17.2 Å². The Labute approximate surface area is 130 Å². The van der Waals surface area contributed by atoms with Crippen LogP contribution >= 0.6 is 0 Å². The van der Waals surface area contributed by atoms with E-state index in [1.807, 2.05) is 0 Å². The maximum Gasteiger partial charge on any atom is 0.329 e. The molecule has 0 aliphatic rings. The van der Waals surface area contributed by atoms with Gasteiger partial charge in [-0.3, -0.25) is 14.2 Å². The van der Waals surface area contributed by atoms with E-state index >= 15 is 0 Å². The van der Waals surface area contributed by atoms with Crippen LogP contribution < -0.4 is 16.6 Å². The summed E-state index contributed by atoms with van der Waals surface area (Å²) < 4.78 is 0.897. The van der Waals surface area contributed by atoms with Gasteiger partial charge in [0.1, 0.15) is 6.54 Å². The number of carbonyl (C=O) groups is 1. The van der Waals surface area contributed by atoms with Gasteiger partial charge < -0.3 is 15.3 Å². The van der Waals surface area contributed by atoms with Crippen molar-refractivity contribution in [2.24, 2.45) is 0 Å². The number of imidazole rings is 1. The van der Waals surface area contributed by atoms with E-state index < -0.39 is 17.2 Å². The standard InChI is InChI=1S/C15H15N5O3/c21-13(17-6-5-10-7-16-9-18-10)8-20-14(22)11-3-1-2-4-12(11)19-15(20)23/h1-4,7,9H,5-6,8H2,(H,16,18)(H,17,21)(H,19,23). The topological polar surface area (TPSA) is 113 Å². The van der Waals surface area contributed by atoms with Crippen LogP contribution in [0.4, 0.5) is 0 Å². The van der Waals surface area contributed by atoms with Gasteiger partial charge in [0, 0.05) is 24.9 Å². The van der Waals surface area contributed by atoms with Crippen molar-refractivity contribution in [2.45, 2.75) is 13.0 Å². The number of aromatic amines is 2. The zero-order valence-corrected chi connectivity index (χ0v) is 12.2. The van der Waals surface area contributed by atoms with Gasteiger partial charge in [-0.2, -0.15) is 0 Å². The molecule has 3 rings (SSSR count). The number of aromatic nitrogens is 4. The van der Waals surface area contributed by atoms with E-state index in [0.29, 0.717) is 23.9 Å². The molecule has 1 amide bonds. The number of amides is 1. The number of hydrogen-bond acceptors (Lipinski definition) is 4. The van der Waals surface area contributed by atoms with Gasteiger partial charge in [0.2, 0.25) is 5.91 Å². The molecule has 2 aromatic heterocycles. The van der Waals surface area contributed by atoms with E-state index in [1.54, 1.807) is 36.8 Å². The zero-order valence-electron chi connectivity index (χ0n) is 12.2. The molecule has 3 aromatic rings. The summed E-state index contributed by atoms with van der Waals surface area (Å²) in [5.41, 5.74) is 0.273. The quantitative estimate of drug-likeness (QED) is 0.604. The molecular formula is C15H15N5O3. The summed E-state index contributed by atoms with van der Waals surface area (Å²) in [6.45, 7) is 0.0727. The van der Waals surface area contributed by atoms with Crippen molar-refractivity contribution >= 4 is 16.8 Å². The van der Waals surface area contributed by atoms with Gasteiger partial charge in [-0.1, -0.05) is 12.1 Å². The first-order chi connectivity index (χ1) is 11.1. The monoisotopic (exact) mass is 313 g/mol. The smallest absolute Gasteiger partial charge is 0.329 e. The molecule has 8 heteroatoms. The molecule has 23 heavy (non-hydrogen) atoms. The second kappa shape index (κ2) is 6.30. The van der Waals surface area contributed by atoms with Crippen LogP contribution in [-0.2, 0) is 17.8 Å². The summed E-state index contributed by atoms with van der Waals surface area (Å²) in [7, 11) is 0. The van der Waals surface area contributed by atoms with Crippen molar-refractivity contribution in [3.8, 4) is 0 Å². The predicted octanol–water partition coefficient (Wildman–Crippen LogP) is -0.228. The lowest BCUT2D eigenvalue weighted by atomic mass is 10.2. The summed E-state index contributed by atoms with van der Waals surface area (Å²) >= 11 is 0. The van der Waals surface area contributed by atoms with E-state index in [2.05, 4.69) is 20.3 Å². The van der Waals surface area contributed by atoms with E-state index in [0.717, 1.165) is 10.3 Å². The number of fused-ring (bicyclic) bond motifs is 1. The first-order valence-electron chi connectivity index (χ1n) is 7.11. The average molecular weight is 313 g/mol. The number of nitrogens with one attached hydrogen (secondary N) is 3. The Morgan fingerprint density at radius 2 is 2.09 bits per heavy atom. The van der Waals surface area contributed by atoms with Crippen LogP contribution in [-0.4, -0.2) is 32.0 Å². The van der Waals surface area contributed by atoms with E-state index in [9.17, 15) is 14.4 Å². The lowest BCUT2D eigenvalue weighted by Crippen LogP contribution is -2.41. The fourth-order valence-electron chi connectivity index (χ4n) is 2.30. The van der Waals surface area contributed by atoms with Gasteiger partial charge in [-0.25, -0.2) is 9.78 Å². The highest BCUT2D eigenvalue weighted by molar-refractivity contribution is 5.78. The third-order valence-electron chi connectivity index (χ3n) is 3.46. The maximum absolute atomic E-state index is 12.3. The largest absolute Gasteiger partial charge is 0.354 e. The van der Waals surface area contributed by atoms with Crippen molar-refractivity contribution in [3.05, 3.63) is 63.3 Å². The molecule has 0 unspecified atom stereocenters. The highest BCUT2D eigenvalue weighted by atomic mass is 16.2. The normalized spacial score (nSPS) is 10.8. The molecular weight excluding hydrogens is 298 g/mol. The molecule has 2 heterocycles. The van der Waals surface area contributed by atoms with E-state index in [1.165, 1.54) is 0 Å². The fraction of sp³-hybridized carbons (Fsp3) is 0.200. The fourth-order valence-corrected chi connectivity index (χ4v) is 2.30. The lowest BCUT2D eigenvalue weighted by Gasteiger charge is -2.07. The molecule has 0 saturated heterocycles. The minimum Gasteiger partial charge on any atom is -0.354 e. The summed E-state index contributed by atoms with van der Waals surface area (Å²) in [6, 6.07) is 6.69. The number of rotatable bonds is 5. The Balaban J connectivity index is 1.72. The SMILES string of the molecule is O=C(Cn1c(=O)[nH]c2ccccc2c1=O)NCCc1cnc[nH]1. The lowest BCUT2D eigenvalue weighted by molar-refractivity contribution is -0.121. The van der Waals surface area contributed by atoms with Crippen LogP contribution in [0, 0.1) is 0 Å². The summed E-state index contributed by atoms with van der Waals surface area (Å²) in [4.78, 5) is 45.6. The Morgan fingerprint density at radius 3 is 2.87 bits per heavy atom. The number of benzene rings is 1. The Hall–Kier alpha value is -3.16. The Kier molecular flexibility index (Phi) is 4.05. The van der Waals surface area contributed by atoms with Gasteiger partial charge in [0.15, 0.2) is 0 Å². The molecule has 0 saturated carbocycles. The molecule has 0 radical (unpaired) electrons. The Bertz CT molecular complexity index is 940. The maximum atomic E-state index is 12.3. The Morgan fingerprint density at radius 1 is 1.26 bits per heavy atom. The minimum absolute atomic E-state index is 0.317. The van der Waals surface area contributed by atoms with Gasteiger partial charge >= 0.3 is 5.69 Å². The number of H-pyrrole nitrogens is 2. The van der Waals surface area contributed by atoms with Crippen LogP contribution in [0.3, 0.4) is 0 Å². The predicted molar refractivity (Wildman–Crippen MR) is 84.1 cm³/mol. The van der Waals surface area contributed by atoms with Crippen LogP contribution in [0.5, 0.6) is 0 Å². The molecule has 8 nitrogen and oxygen atoms in total. The summed E-state index contributed by atoms with van der Waals surface area (Å²) in [5, 5.41) is 3.05. The third-order valence-corrected chi connectivity index (χ3v) is 3.46. The number of nitrogens with zero attached hydrogens (tertiary/aromatic N) is 2. The molecule has 0 atom stereocenters. The van der Waals surface area contributed by atoms with E-state index in [4.69, 9.17) is 0 Å². The van der Waals surface area contributed by atoms with Crippen LogP contribution in [0.15, 0.2) is 46.4 Å². The second-order valence-corrected chi connectivity index (χ2v) is 5.04. The first-order valence-corrected chi connectivity index (χ1v) is 7.11. The molecule has 0 spiro atoms. The van der Waals surface area contributed by atoms with Crippen LogP contribution in [0.1, 0.15) is 5.69 Å². The first kappa shape index (κ1) is 14.8. The summed E-state index contributed by atoms with van der Waals surface area (Å²) in [6.07, 6.45) is 3.82. The van der Waals surface area contributed by atoms with Crippen LogP contribution in [0.25, 0.3) is 10.9 Å². The van der Waals surface area contributed by atoms with Crippen molar-refractivity contribution in [1.82, 2.24) is 24.8 Å². The van der Waals surface area contributed by atoms with Gasteiger partial charge in [0.25, 0.3) is 5.56 Å². The highest BCUT2D eigenvalue weighted by Gasteiger charge is 2.10. The molecule has 3 N–H and O–H groups in total. The molecule has 118 valence electrons. The molecule has 0 fully saturated rings. The van der Waals surface area contributed by atoms with Crippen molar-refractivity contribution < 1.29 is 4.79 Å². The number of para-hydroxylation sites is 1. The minimum atomic E-state index is -0.600. The molecule has 0 aliphatic heterocycles. The number of carbonyl (C=O) groups excluding carboxylic acids is 1. The van der Waals surface area contributed by atoms with Crippen LogP contribution in [0.2, 0.25) is 0 Å². The van der Waals surface area contributed by atoms with Gasteiger partial charge in [-0.05, 0) is 12.1 Å². The second-order valence-electron chi connectivity index (χ2n) is 5.04. The van der Waals surface area contributed by atoms with E-state index in [-0.39, 0.29) is 6.54 Å². The van der Waals surface area contributed by atoms with Gasteiger partial charge in [-0.15, -0.1) is 0 Å². The molecule has 0 aliphatic carbocycles. The zero-order chi connectivity index (χ0) is 16.2. The average Bonchev–Trinajstić information content (AvgIpc) is 3.05. The van der Waals surface area contributed by atoms with Crippen molar-refractivity contribution in [2.75, 3.05) is 6.54 Å². The summed E-state index contributed by atoms with van der Waals surface area (Å²) in [5.74, 6) is -0.396.